The topological polar surface area (TPSA) is 20.2 Å². The summed E-state index contributed by atoms with van der Waals surface area (Å²) in [6, 6.07) is 8.80. The summed E-state index contributed by atoms with van der Waals surface area (Å²) in [6.45, 7) is 0. The van der Waals surface area contributed by atoms with Crippen LogP contribution in [0.15, 0.2) is 24.3 Å². The summed E-state index contributed by atoms with van der Waals surface area (Å²) in [5.41, 5.74) is 2.60. The zero-order valence-corrected chi connectivity index (χ0v) is 11.1. The second-order valence-corrected chi connectivity index (χ2v) is 6.14. The van der Waals surface area contributed by atoms with Crippen LogP contribution >= 0.6 is 0 Å². The van der Waals surface area contributed by atoms with Crippen LogP contribution in [-0.2, 0) is 0 Å². The Bertz CT molecular complexity index is 371. The Kier molecular flexibility index (Phi) is 3.69. The van der Waals surface area contributed by atoms with E-state index in [0.29, 0.717) is 5.92 Å². The third-order valence-corrected chi connectivity index (χ3v) is 4.95. The molecule has 2 aliphatic carbocycles. The van der Waals surface area contributed by atoms with Crippen LogP contribution in [0.1, 0.15) is 74.5 Å². The lowest BCUT2D eigenvalue weighted by molar-refractivity contribution is 0.0848. The van der Waals surface area contributed by atoms with Crippen molar-refractivity contribution in [3.8, 4) is 0 Å². The summed E-state index contributed by atoms with van der Waals surface area (Å²) < 4.78 is 0. The molecular formula is C17H24O. The van der Waals surface area contributed by atoms with Crippen molar-refractivity contribution in [3.63, 3.8) is 0 Å². The van der Waals surface area contributed by atoms with Crippen LogP contribution in [0.2, 0.25) is 0 Å². The first-order valence-electron chi connectivity index (χ1n) is 7.62. The molecule has 1 atom stereocenters. The fraction of sp³-hybridized carbons (Fsp3) is 0.647. The Morgan fingerprint density at radius 3 is 2.06 bits per heavy atom. The van der Waals surface area contributed by atoms with Gasteiger partial charge in [0, 0.05) is 0 Å². The first kappa shape index (κ1) is 12.2. The molecule has 1 nitrogen and oxygen atoms in total. The van der Waals surface area contributed by atoms with Gasteiger partial charge in [-0.15, -0.1) is 0 Å². The largest absolute Gasteiger partial charge is 0.388 e. The van der Waals surface area contributed by atoms with Gasteiger partial charge in [-0.25, -0.2) is 0 Å². The Morgan fingerprint density at radius 2 is 1.50 bits per heavy atom. The van der Waals surface area contributed by atoms with Gasteiger partial charge in [0.05, 0.1) is 6.10 Å². The predicted molar refractivity (Wildman–Crippen MR) is 74.6 cm³/mol. The summed E-state index contributed by atoms with van der Waals surface area (Å²) in [5, 5.41) is 10.4. The predicted octanol–water partition coefficient (Wildman–Crippen LogP) is 4.57. The second kappa shape index (κ2) is 5.44. The molecule has 2 fully saturated rings. The fourth-order valence-corrected chi connectivity index (χ4v) is 3.43. The lowest BCUT2D eigenvalue weighted by Gasteiger charge is -2.28. The lowest BCUT2D eigenvalue weighted by Crippen LogP contribution is -2.16. The molecule has 0 saturated heterocycles. The number of hydrogen-bond acceptors (Lipinski definition) is 1. The van der Waals surface area contributed by atoms with E-state index >= 15 is 0 Å². The molecule has 0 radical (unpaired) electrons. The van der Waals surface area contributed by atoms with E-state index in [-0.39, 0.29) is 6.10 Å². The number of aliphatic hydroxyl groups excluding tert-OH is 1. The maximum atomic E-state index is 10.4. The highest BCUT2D eigenvalue weighted by Crippen LogP contribution is 2.38. The first-order valence-corrected chi connectivity index (χ1v) is 7.62. The minimum absolute atomic E-state index is 0.235. The minimum Gasteiger partial charge on any atom is -0.388 e. The third kappa shape index (κ3) is 2.47. The van der Waals surface area contributed by atoms with Gasteiger partial charge in [-0.3, -0.25) is 0 Å². The van der Waals surface area contributed by atoms with E-state index in [0.717, 1.165) is 11.5 Å². The van der Waals surface area contributed by atoms with Crippen molar-refractivity contribution in [1.82, 2.24) is 0 Å². The zero-order chi connectivity index (χ0) is 12.4. The molecule has 3 rings (SSSR count). The number of aliphatic hydroxyl groups is 1. The van der Waals surface area contributed by atoms with Crippen LogP contribution in [0, 0.1) is 5.92 Å². The van der Waals surface area contributed by atoms with Crippen LogP contribution in [0.3, 0.4) is 0 Å². The molecule has 0 amide bonds. The van der Waals surface area contributed by atoms with Crippen molar-refractivity contribution >= 4 is 0 Å². The van der Waals surface area contributed by atoms with Crippen LogP contribution in [0.25, 0.3) is 0 Å². The highest BCUT2D eigenvalue weighted by atomic mass is 16.3. The Labute approximate surface area is 110 Å². The van der Waals surface area contributed by atoms with Gasteiger partial charge in [-0.05, 0) is 48.6 Å². The molecular weight excluding hydrogens is 220 g/mol. The number of hydrogen-bond donors (Lipinski definition) is 1. The van der Waals surface area contributed by atoms with Crippen molar-refractivity contribution < 1.29 is 5.11 Å². The van der Waals surface area contributed by atoms with Crippen molar-refractivity contribution in [2.45, 2.75) is 63.4 Å². The highest BCUT2D eigenvalue weighted by Gasteiger charge is 2.24. The fourth-order valence-electron chi connectivity index (χ4n) is 3.43. The maximum absolute atomic E-state index is 10.4. The third-order valence-electron chi connectivity index (χ3n) is 4.95. The standard InChI is InChI=1S/C17H24O/c18-17(15-5-2-1-3-6-15)16-11-9-14(10-12-16)13-7-4-8-13/h9-13,15,17-18H,1-8H2. The summed E-state index contributed by atoms with van der Waals surface area (Å²) in [4.78, 5) is 0. The van der Waals surface area contributed by atoms with E-state index in [4.69, 9.17) is 0 Å². The number of rotatable bonds is 3. The Morgan fingerprint density at radius 1 is 0.833 bits per heavy atom. The van der Waals surface area contributed by atoms with Gasteiger partial charge in [0.15, 0.2) is 0 Å². The highest BCUT2D eigenvalue weighted by molar-refractivity contribution is 5.28. The van der Waals surface area contributed by atoms with E-state index in [1.165, 1.54) is 56.9 Å². The van der Waals surface area contributed by atoms with Gasteiger partial charge in [-0.1, -0.05) is 49.9 Å². The van der Waals surface area contributed by atoms with Crippen molar-refractivity contribution in [2.24, 2.45) is 5.92 Å². The lowest BCUT2D eigenvalue weighted by atomic mass is 9.79. The molecule has 0 spiro atoms. The van der Waals surface area contributed by atoms with E-state index < -0.39 is 0 Å². The van der Waals surface area contributed by atoms with Crippen LogP contribution in [0.4, 0.5) is 0 Å². The van der Waals surface area contributed by atoms with Gasteiger partial charge in [0.25, 0.3) is 0 Å². The molecule has 18 heavy (non-hydrogen) atoms. The van der Waals surface area contributed by atoms with Gasteiger partial charge in [0.2, 0.25) is 0 Å². The number of benzene rings is 1. The molecule has 2 aliphatic rings. The van der Waals surface area contributed by atoms with Crippen molar-refractivity contribution in [3.05, 3.63) is 35.4 Å². The smallest absolute Gasteiger partial charge is 0.0818 e. The van der Waals surface area contributed by atoms with Gasteiger partial charge in [0.1, 0.15) is 0 Å². The molecule has 1 N–H and O–H groups in total. The van der Waals surface area contributed by atoms with Gasteiger partial charge < -0.3 is 5.11 Å². The summed E-state index contributed by atoms with van der Waals surface area (Å²) >= 11 is 0. The van der Waals surface area contributed by atoms with E-state index in [9.17, 15) is 5.11 Å². The molecule has 1 unspecified atom stereocenters. The molecule has 0 heterocycles. The summed E-state index contributed by atoms with van der Waals surface area (Å²) in [7, 11) is 0. The molecule has 1 aromatic rings. The molecule has 2 saturated carbocycles. The summed E-state index contributed by atoms with van der Waals surface area (Å²) in [5.74, 6) is 1.29. The van der Waals surface area contributed by atoms with Gasteiger partial charge in [-0.2, -0.15) is 0 Å². The molecule has 0 bridgehead atoms. The first-order chi connectivity index (χ1) is 8.84. The maximum Gasteiger partial charge on any atom is 0.0818 e. The molecule has 98 valence electrons. The van der Waals surface area contributed by atoms with E-state index in [1.54, 1.807) is 0 Å². The van der Waals surface area contributed by atoms with Crippen LogP contribution < -0.4 is 0 Å². The second-order valence-electron chi connectivity index (χ2n) is 6.14. The summed E-state index contributed by atoms with van der Waals surface area (Å²) in [6.07, 6.45) is 10.2. The van der Waals surface area contributed by atoms with Crippen molar-refractivity contribution in [2.75, 3.05) is 0 Å². The molecule has 0 aliphatic heterocycles. The minimum atomic E-state index is -0.235. The SMILES string of the molecule is OC(c1ccc(C2CCC2)cc1)C1CCCCC1. The molecule has 0 aromatic heterocycles. The Hall–Kier alpha value is -0.820. The quantitative estimate of drug-likeness (QED) is 0.826. The normalized spacial score (nSPS) is 23.6. The van der Waals surface area contributed by atoms with Crippen LogP contribution in [-0.4, -0.2) is 5.11 Å². The van der Waals surface area contributed by atoms with Gasteiger partial charge >= 0.3 is 0 Å². The molecule has 1 heteroatoms. The zero-order valence-electron chi connectivity index (χ0n) is 11.1. The average Bonchev–Trinajstić information content (AvgIpc) is 2.38. The van der Waals surface area contributed by atoms with Crippen molar-refractivity contribution in [1.29, 1.82) is 0 Å². The average molecular weight is 244 g/mol. The monoisotopic (exact) mass is 244 g/mol. The van der Waals surface area contributed by atoms with Crippen LogP contribution in [0.5, 0.6) is 0 Å². The Balaban J connectivity index is 1.67. The van der Waals surface area contributed by atoms with E-state index in [1.807, 2.05) is 0 Å². The van der Waals surface area contributed by atoms with E-state index in [2.05, 4.69) is 24.3 Å². The molecule has 1 aromatic carbocycles.